The normalized spacial score (nSPS) is 21.7. The Bertz CT molecular complexity index is 590. The van der Waals surface area contributed by atoms with E-state index in [0.717, 1.165) is 58.3 Å². The van der Waals surface area contributed by atoms with Crippen molar-refractivity contribution in [2.24, 2.45) is 10.4 Å². The molecule has 2 heterocycles. The van der Waals surface area contributed by atoms with Gasteiger partial charge in [-0.3, -0.25) is 9.89 Å². The maximum atomic E-state index is 9.58. The van der Waals surface area contributed by atoms with Gasteiger partial charge < -0.3 is 20.5 Å². The van der Waals surface area contributed by atoms with Gasteiger partial charge >= 0.3 is 0 Å². The van der Waals surface area contributed by atoms with Crippen molar-refractivity contribution in [2.75, 3.05) is 52.5 Å². The molecule has 7 heteroatoms. The second-order valence-corrected chi connectivity index (χ2v) is 9.27. The number of nitrogens with one attached hydrogen (secondary N) is 2. The molecule has 1 aromatic rings. The van der Waals surface area contributed by atoms with E-state index in [1.54, 1.807) is 0 Å². The van der Waals surface area contributed by atoms with Crippen LogP contribution in [0.1, 0.15) is 56.4 Å². The molecular formula is C22H38N4O2S. The lowest BCUT2D eigenvalue weighted by Gasteiger charge is -2.36. The van der Waals surface area contributed by atoms with E-state index in [1.165, 1.54) is 37.0 Å². The molecule has 0 aromatic carbocycles. The van der Waals surface area contributed by atoms with Crippen LogP contribution in [0.5, 0.6) is 0 Å². The summed E-state index contributed by atoms with van der Waals surface area (Å²) in [6.45, 7) is 8.40. The lowest BCUT2D eigenvalue weighted by molar-refractivity contribution is 0.0177. The minimum Gasteiger partial charge on any atom is -0.396 e. The van der Waals surface area contributed by atoms with Crippen molar-refractivity contribution >= 4 is 17.3 Å². The van der Waals surface area contributed by atoms with E-state index < -0.39 is 0 Å². The summed E-state index contributed by atoms with van der Waals surface area (Å²) in [5.41, 5.74) is 0.173. The Morgan fingerprint density at radius 3 is 2.72 bits per heavy atom. The van der Waals surface area contributed by atoms with Gasteiger partial charge in [0.15, 0.2) is 5.96 Å². The molecule has 164 valence electrons. The highest BCUT2D eigenvalue weighted by Crippen LogP contribution is 2.39. The van der Waals surface area contributed by atoms with E-state index in [-0.39, 0.29) is 12.0 Å². The highest BCUT2D eigenvalue weighted by molar-refractivity contribution is 7.10. The van der Waals surface area contributed by atoms with Crippen LogP contribution in [0.3, 0.4) is 0 Å². The number of ether oxygens (including phenoxy) is 1. The Morgan fingerprint density at radius 1 is 1.28 bits per heavy atom. The van der Waals surface area contributed by atoms with Crippen LogP contribution in [-0.2, 0) is 4.74 Å². The highest BCUT2D eigenvalue weighted by atomic mass is 32.1. The predicted octanol–water partition coefficient (Wildman–Crippen LogP) is 3.01. The molecule has 0 bridgehead atoms. The average Bonchev–Trinajstić information content (AvgIpc) is 3.28. The van der Waals surface area contributed by atoms with Crippen LogP contribution in [-0.4, -0.2) is 68.5 Å². The second kappa shape index (κ2) is 11.9. The number of guanidine groups is 1. The Balaban J connectivity index is 1.65. The fourth-order valence-electron chi connectivity index (χ4n) is 4.59. The third-order valence-electron chi connectivity index (χ3n) is 6.29. The van der Waals surface area contributed by atoms with Gasteiger partial charge in [-0.2, -0.15) is 0 Å². The van der Waals surface area contributed by atoms with Gasteiger partial charge in [-0.15, -0.1) is 11.3 Å². The molecule has 2 fully saturated rings. The van der Waals surface area contributed by atoms with E-state index in [9.17, 15) is 5.11 Å². The molecule has 29 heavy (non-hydrogen) atoms. The zero-order chi connectivity index (χ0) is 20.4. The standard InChI is InChI=1S/C22H38N4O2S/c1-2-23-21(25-18-22(10-13-27)8-4-3-5-9-22)24-17-19(20-7-6-16-29-20)26-11-14-28-15-12-26/h6-7,16,19,27H,2-5,8-15,17-18H2,1H3,(H2,23,24,25). The van der Waals surface area contributed by atoms with E-state index in [4.69, 9.17) is 9.73 Å². The van der Waals surface area contributed by atoms with Crippen LogP contribution < -0.4 is 10.6 Å². The summed E-state index contributed by atoms with van der Waals surface area (Å²) >= 11 is 1.82. The number of hydrogen-bond acceptors (Lipinski definition) is 5. The lowest BCUT2D eigenvalue weighted by atomic mass is 9.72. The Morgan fingerprint density at radius 2 is 2.07 bits per heavy atom. The fraction of sp³-hybridized carbons (Fsp3) is 0.773. The molecule has 1 unspecified atom stereocenters. The second-order valence-electron chi connectivity index (χ2n) is 8.29. The summed E-state index contributed by atoms with van der Waals surface area (Å²) in [4.78, 5) is 8.87. The van der Waals surface area contributed by atoms with Crippen molar-refractivity contribution in [1.82, 2.24) is 15.5 Å². The number of aliphatic hydroxyl groups excluding tert-OH is 1. The van der Waals surface area contributed by atoms with Crippen LogP contribution >= 0.6 is 11.3 Å². The van der Waals surface area contributed by atoms with Crippen LogP contribution in [0.15, 0.2) is 22.5 Å². The first kappa shape index (κ1) is 22.5. The molecule has 3 N–H and O–H groups in total. The van der Waals surface area contributed by atoms with Gasteiger partial charge in [-0.1, -0.05) is 25.3 Å². The first-order valence-electron chi connectivity index (χ1n) is 11.2. The van der Waals surface area contributed by atoms with Gasteiger partial charge in [0.1, 0.15) is 0 Å². The third kappa shape index (κ3) is 6.67. The third-order valence-corrected chi connectivity index (χ3v) is 7.27. The van der Waals surface area contributed by atoms with E-state index in [1.807, 2.05) is 11.3 Å². The predicted molar refractivity (Wildman–Crippen MR) is 121 cm³/mol. The smallest absolute Gasteiger partial charge is 0.191 e. The summed E-state index contributed by atoms with van der Waals surface area (Å²) in [5.74, 6) is 0.894. The zero-order valence-electron chi connectivity index (χ0n) is 17.9. The monoisotopic (exact) mass is 422 g/mol. The number of thiophene rings is 1. The minimum atomic E-state index is 0.173. The maximum Gasteiger partial charge on any atom is 0.191 e. The van der Waals surface area contributed by atoms with Crippen molar-refractivity contribution in [2.45, 2.75) is 51.5 Å². The molecule has 1 saturated carbocycles. The van der Waals surface area contributed by atoms with Crippen LogP contribution in [0.2, 0.25) is 0 Å². The van der Waals surface area contributed by atoms with Crippen molar-refractivity contribution in [3.05, 3.63) is 22.4 Å². The van der Waals surface area contributed by atoms with Gasteiger partial charge in [0.2, 0.25) is 0 Å². The number of aliphatic hydroxyl groups is 1. The summed E-state index contributed by atoms with van der Waals surface area (Å²) in [6, 6.07) is 4.70. The largest absolute Gasteiger partial charge is 0.396 e. The molecule has 1 atom stereocenters. The molecule has 1 aliphatic carbocycles. The van der Waals surface area contributed by atoms with E-state index in [2.05, 4.69) is 40.0 Å². The molecule has 1 aliphatic heterocycles. The Labute approximate surface area is 179 Å². The fourth-order valence-corrected chi connectivity index (χ4v) is 5.45. The number of aliphatic imine (C=N–C) groups is 1. The number of rotatable bonds is 9. The molecule has 3 rings (SSSR count). The quantitative estimate of drug-likeness (QED) is 0.422. The molecule has 0 spiro atoms. The van der Waals surface area contributed by atoms with Crippen LogP contribution in [0.4, 0.5) is 0 Å². The van der Waals surface area contributed by atoms with Gasteiger partial charge in [0.25, 0.3) is 0 Å². The lowest BCUT2D eigenvalue weighted by Crippen LogP contribution is -2.46. The minimum absolute atomic E-state index is 0.173. The van der Waals surface area contributed by atoms with Crippen molar-refractivity contribution in [3.8, 4) is 0 Å². The molecular weight excluding hydrogens is 384 g/mol. The topological polar surface area (TPSA) is 69.1 Å². The van der Waals surface area contributed by atoms with Gasteiger partial charge in [-0.25, -0.2) is 0 Å². The summed E-state index contributed by atoms with van der Waals surface area (Å²) in [7, 11) is 0. The van der Waals surface area contributed by atoms with Gasteiger partial charge in [0.05, 0.1) is 19.3 Å². The molecule has 0 amide bonds. The highest BCUT2D eigenvalue weighted by Gasteiger charge is 2.31. The Hall–Kier alpha value is -1.15. The summed E-state index contributed by atoms with van der Waals surface area (Å²) < 4.78 is 5.56. The first-order chi connectivity index (χ1) is 14.3. The van der Waals surface area contributed by atoms with Gasteiger partial charge in [-0.05, 0) is 43.0 Å². The van der Waals surface area contributed by atoms with Gasteiger partial charge in [0, 0.05) is 44.2 Å². The number of hydrogen-bond donors (Lipinski definition) is 3. The van der Waals surface area contributed by atoms with Crippen molar-refractivity contribution in [3.63, 3.8) is 0 Å². The molecule has 6 nitrogen and oxygen atoms in total. The molecule has 0 radical (unpaired) electrons. The maximum absolute atomic E-state index is 9.58. The Kier molecular flexibility index (Phi) is 9.24. The van der Waals surface area contributed by atoms with Crippen molar-refractivity contribution in [1.29, 1.82) is 0 Å². The van der Waals surface area contributed by atoms with Crippen LogP contribution in [0, 0.1) is 5.41 Å². The SMILES string of the molecule is CCNC(=NCC1(CCO)CCCCC1)NCC(c1cccs1)N1CCOCC1. The molecule has 1 saturated heterocycles. The zero-order valence-corrected chi connectivity index (χ0v) is 18.7. The molecule has 2 aliphatic rings. The van der Waals surface area contributed by atoms with E-state index in [0.29, 0.717) is 6.04 Å². The number of nitrogens with zero attached hydrogens (tertiary/aromatic N) is 2. The molecule has 1 aromatic heterocycles. The van der Waals surface area contributed by atoms with Crippen LogP contribution in [0.25, 0.3) is 0 Å². The number of morpholine rings is 1. The average molecular weight is 423 g/mol. The first-order valence-corrected chi connectivity index (χ1v) is 12.1. The summed E-state index contributed by atoms with van der Waals surface area (Å²) in [6.07, 6.45) is 7.07. The summed E-state index contributed by atoms with van der Waals surface area (Å²) in [5, 5.41) is 18.8. The van der Waals surface area contributed by atoms with Crippen molar-refractivity contribution < 1.29 is 9.84 Å². The van der Waals surface area contributed by atoms with E-state index >= 15 is 0 Å².